The minimum absolute atomic E-state index is 0.219. The van der Waals surface area contributed by atoms with Crippen molar-refractivity contribution in [2.45, 2.75) is 50.8 Å². The van der Waals surface area contributed by atoms with Crippen molar-refractivity contribution in [3.8, 4) is 0 Å². The van der Waals surface area contributed by atoms with Crippen LogP contribution >= 0.6 is 11.8 Å². The number of aryl methyl sites for hydroxylation is 2. The normalized spacial score (nSPS) is 17.9. The lowest BCUT2D eigenvalue weighted by molar-refractivity contribution is -0.144. The van der Waals surface area contributed by atoms with E-state index >= 15 is 0 Å². The Balaban J connectivity index is 2.08. The van der Waals surface area contributed by atoms with Crippen molar-refractivity contribution in [1.82, 2.24) is 10.3 Å². The van der Waals surface area contributed by atoms with Crippen LogP contribution in [-0.2, 0) is 4.79 Å². The maximum atomic E-state index is 11.8. The first-order valence-corrected chi connectivity index (χ1v) is 8.03. The van der Waals surface area contributed by atoms with Crippen LogP contribution in [0.15, 0.2) is 9.64 Å². The highest BCUT2D eigenvalue weighted by Gasteiger charge is 2.51. The number of hydrogen-bond donors (Lipinski definition) is 2. The van der Waals surface area contributed by atoms with E-state index in [-0.39, 0.29) is 5.92 Å². The van der Waals surface area contributed by atoms with Crippen molar-refractivity contribution in [3.05, 3.63) is 11.5 Å². The Morgan fingerprint density at radius 2 is 2.25 bits per heavy atom. The van der Waals surface area contributed by atoms with Gasteiger partial charge in [-0.05, 0) is 45.6 Å². The lowest BCUT2D eigenvalue weighted by Gasteiger charge is -2.30. The highest BCUT2D eigenvalue weighted by atomic mass is 32.2. The molecule has 2 N–H and O–H groups in total. The van der Waals surface area contributed by atoms with Gasteiger partial charge in [0.25, 0.3) is 5.22 Å². The molecule has 1 aromatic heterocycles. The van der Waals surface area contributed by atoms with E-state index in [0.717, 1.165) is 30.7 Å². The van der Waals surface area contributed by atoms with E-state index < -0.39 is 11.5 Å². The summed E-state index contributed by atoms with van der Waals surface area (Å²) in [7, 11) is 0. The molecule has 6 heteroatoms. The van der Waals surface area contributed by atoms with Crippen molar-refractivity contribution in [2.75, 3.05) is 12.3 Å². The molecule has 2 rings (SSSR count). The van der Waals surface area contributed by atoms with Gasteiger partial charge in [-0.25, -0.2) is 4.98 Å². The molecule has 0 spiro atoms. The Labute approximate surface area is 123 Å². The third-order valence-electron chi connectivity index (χ3n) is 3.78. The summed E-state index contributed by atoms with van der Waals surface area (Å²) in [6.45, 7) is 6.52. The van der Waals surface area contributed by atoms with Crippen LogP contribution in [0.3, 0.4) is 0 Å². The number of carboxylic acid groups (broad SMARTS) is 1. The molecule has 1 fully saturated rings. The van der Waals surface area contributed by atoms with Crippen LogP contribution in [0.2, 0.25) is 0 Å². The molecule has 0 bridgehead atoms. The number of aromatic nitrogens is 1. The lowest BCUT2D eigenvalue weighted by atomic mass is 9.95. The van der Waals surface area contributed by atoms with Crippen LogP contribution in [0.25, 0.3) is 0 Å². The van der Waals surface area contributed by atoms with Crippen molar-refractivity contribution in [3.63, 3.8) is 0 Å². The topological polar surface area (TPSA) is 75.4 Å². The molecular weight excluding hydrogens is 276 g/mol. The largest absolute Gasteiger partial charge is 0.480 e. The summed E-state index contributed by atoms with van der Waals surface area (Å²) in [6, 6.07) is 0. The summed E-state index contributed by atoms with van der Waals surface area (Å²) >= 11 is 1.39. The summed E-state index contributed by atoms with van der Waals surface area (Å²) in [5.41, 5.74) is 0.0121. The zero-order valence-electron chi connectivity index (χ0n) is 12.2. The fourth-order valence-electron chi connectivity index (χ4n) is 2.23. The summed E-state index contributed by atoms with van der Waals surface area (Å²) in [6.07, 6.45) is 2.88. The fourth-order valence-corrected chi connectivity index (χ4v) is 3.43. The van der Waals surface area contributed by atoms with Gasteiger partial charge in [-0.1, -0.05) is 18.7 Å². The van der Waals surface area contributed by atoms with Gasteiger partial charge >= 0.3 is 5.97 Å². The molecule has 5 nitrogen and oxygen atoms in total. The van der Waals surface area contributed by atoms with Crippen LogP contribution in [0.5, 0.6) is 0 Å². The molecule has 1 aliphatic rings. The number of carboxylic acids is 1. The molecule has 112 valence electrons. The first-order chi connectivity index (χ1) is 9.49. The average Bonchev–Trinajstić information content (AvgIpc) is 3.18. The molecule has 0 amide bonds. The van der Waals surface area contributed by atoms with Crippen molar-refractivity contribution >= 4 is 17.7 Å². The summed E-state index contributed by atoms with van der Waals surface area (Å²) in [5.74, 6) is 0.699. The predicted molar refractivity (Wildman–Crippen MR) is 78.1 cm³/mol. The SMILES string of the molecule is CCCNC(CSc1nc(C)c(C)o1)(C(=O)O)C1CC1. The summed E-state index contributed by atoms with van der Waals surface area (Å²) in [5, 5.41) is 13.5. The van der Waals surface area contributed by atoms with Crippen molar-refractivity contribution in [1.29, 1.82) is 0 Å². The van der Waals surface area contributed by atoms with Crippen LogP contribution in [-0.4, -0.2) is 33.9 Å². The zero-order chi connectivity index (χ0) is 14.8. The average molecular weight is 298 g/mol. The van der Waals surface area contributed by atoms with Gasteiger partial charge in [0.2, 0.25) is 0 Å². The molecule has 20 heavy (non-hydrogen) atoms. The number of nitrogens with one attached hydrogen (secondary N) is 1. The van der Waals surface area contributed by atoms with Gasteiger partial charge in [0.1, 0.15) is 11.3 Å². The summed E-state index contributed by atoms with van der Waals surface area (Å²) < 4.78 is 5.53. The molecule has 0 aromatic carbocycles. The van der Waals surface area contributed by atoms with Crippen molar-refractivity contribution in [2.24, 2.45) is 5.92 Å². The number of rotatable bonds is 8. The Morgan fingerprint density at radius 1 is 1.55 bits per heavy atom. The van der Waals surface area contributed by atoms with Gasteiger partial charge in [-0.2, -0.15) is 0 Å². The van der Waals surface area contributed by atoms with Crippen LogP contribution < -0.4 is 5.32 Å². The lowest BCUT2D eigenvalue weighted by Crippen LogP contribution is -2.56. The van der Waals surface area contributed by atoms with Gasteiger partial charge < -0.3 is 14.8 Å². The van der Waals surface area contributed by atoms with Crippen LogP contribution in [0.4, 0.5) is 0 Å². The molecule has 1 aromatic rings. The van der Waals surface area contributed by atoms with Gasteiger partial charge in [0, 0.05) is 5.75 Å². The minimum Gasteiger partial charge on any atom is -0.480 e. The number of carbonyl (C=O) groups is 1. The Bertz CT molecular complexity index is 465. The number of nitrogens with zero attached hydrogens (tertiary/aromatic N) is 1. The van der Waals surface area contributed by atoms with E-state index in [0.29, 0.717) is 17.5 Å². The number of thioether (sulfide) groups is 1. The highest BCUT2D eigenvalue weighted by molar-refractivity contribution is 7.99. The van der Waals surface area contributed by atoms with E-state index in [1.54, 1.807) is 0 Å². The second-order valence-electron chi connectivity index (χ2n) is 5.39. The third-order valence-corrected chi connectivity index (χ3v) is 4.80. The number of oxazole rings is 1. The van der Waals surface area contributed by atoms with E-state index in [4.69, 9.17) is 4.42 Å². The predicted octanol–water partition coefficient (Wildman–Crippen LogP) is 2.62. The molecule has 0 radical (unpaired) electrons. The number of aliphatic carboxylic acids is 1. The standard InChI is InChI=1S/C14H22N2O3S/c1-4-7-15-14(12(17)18,11-5-6-11)8-20-13-16-9(2)10(3)19-13/h11,15H,4-8H2,1-3H3,(H,17,18). The minimum atomic E-state index is -0.850. The maximum absolute atomic E-state index is 11.8. The first kappa shape index (κ1) is 15.4. The molecular formula is C14H22N2O3S. The third kappa shape index (κ3) is 3.17. The van der Waals surface area contributed by atoms with Gasteiger partial charge in [0.05, 0.1) is 5.69 Å². The van der Waals surface area contributed by atoms with Gasteiger partial charge in [-0.15, -0.1) is 0 Å². The quantitative estimate of drug-likeness (QED) is 0.719. The number of hydrogen-bond acceptors (Lipinski definition) is 5. The molecule has 1 atom stereocenters. The molecule has 0 aliphatic heterocycles. The maximum Gasteiger partial charge on any atom is 0.325 e. The van der Waals surface area contributed by atoms with Gasteiger partial charge in [0.15, 0.2) is 0 Å². The molecule has 1 saturated carbocycles. The summed E-state index contributed by atoms with van der Waals surface area (Å²) in [4.78, 5) is 16.1. The Morgan fingerprint density at radius 3 is 2.70 bits per heavy atom. The van der Waals surface area contributed by atoms with Crippen molar-refractivity contribution < 1.29 is 14.3 Å². The second kappa shape index (κ2) is 6.18. The second-order valence-corrected chi connectivity index (χ2v) is 6.31. The monoisotopic (exact) mass is 298 g/mol. The van der Waals surface area contributed by atoms with E-state index in [2.05, 4.69) is 10.3 Å². The van der Waals surface area contributed by atoms with E-state index in [9.17, 15) is 9.90 Å². The van der Waals surface area contributed by atoms with Gasteiger partial charge in [-0.3, -0.25) is 4.79 Å². The molecule has 0 saturated heterocycles. The first-order valence-electron chi connectivity index (χ1n) is 7.05. The molecule has 1 aliphatic carbocycles. The molecule has 1 heterocycles. The zero-order valence-corrected chi connectivity index (χ0v) is 13.0. The Hall–Kier alpha value is -1.01. The van der Waals surface area contributed by atoms with Crippen LogP contribution in [0.1, 0.15) is 37.6 Å². The Kier molecular flexibility index (Phi) is 4.75. The highest BCUT2D eigenvalue weighted by Crippen LogP contribution is 2.42. The van der Waals surface area contributed by atoms with E-state index in [1.807, 2.05) is 20.8 Å². The van der Waals surface area contributed by atoms with Crippen LogP contribution in [0, 0.1) is 19.8 Å². The fraction of sp³-hybridized carbons (Fsp3) is 0.714. The smallest absolute Gasteiger partial charge is 0.325 e. The van der Waals surface area contributed by atoms with E-state index in [1.165, 1.54) is 11.8 Å². The molecule has 1 unspecified atom stereocenters.